The molecule has 5 heteroatoms. The Morgan fingerprint density at radius 2 is 2.35 bits per heavy atom. The molecular formula is C15H17FN2O2. The smallest absolute Gasteiger partial charge is 0.310 e. The van der Waals surface area contributed by atoms with Gasteiger partial charge in [0.15, 0.2) is 0 Å². The lowest BCUT2D eigenvalue weighted by molar-refractivity contribution is -0.151. The van der Waals surface area contributed by atoms with Crippen molar-refractivity contribution in [2.75, 3.05) is 13.1 Å². The van der Waals surface area contributed by atoms with E-state index in [0.29, 0.717) is 30.6 Å². The van der Waals surface area contributed by atoms with Gasteiger partial charge < -0.3 is 5.11 Å². The number of benzene rings is 1. The predicted octanol–water partition coefficient (Wildman–Crippen LogP) is 2.38. The molecule has 1 unspecified atom stereocenters. The van der Waals surface area contributed by atoms with Crippen molar-refractivity contribution >= 4 is 5.97 Å². The Morgan fingerprint density at radius 3 is 3.00 bits per heavy atom. The van der Waals surface area contributed by atoms with Crippen molar-refractivity contribution in [3.63, 3.8) is 0 Å². The fraction of sp³-hybridized carbons (Fsp3) is 0.467. The van der Waals surface area contributed by atoms with E-state index in [-0.39, 0.29) is 5.82 Å². The Kier molecular flexibility index (Phi) is 4.05. The second kappa shape index (κ2) is 5.59. The van der Waals surface area contributed by atoms with Crippen LogP contribution in [-0.2, 0) is 11.3 Å². The third-order valence-corrected chi connectivity index (χ3v) is 3.86. The van der Waals surface area contributed by atoms with Crippen LogP contribution in [0.2, 0.25) is 0 Å². The molecule has 1 atom stereocenters. The van der Waals surface area contributed by atoms with E-state index in [1.165, 1.54) is 18.2 Å². The molecule has 0 amide bonds. The monoisotopic (exact) mass is 276 g/mol. The lowest BCUT2D eigenvalue weighted by Gasteiger charge is -2.37. The van der Waals surface area contributed by atoms with Gasteiger partial charge in [0.1, 0.15) is 5.82 Å². The normalized spacial score (nSPS) is 23.2. The van der Waals surface area contributed by atoms with Crippen LogP contribution in [0.15, 0.2) is 18.2 Å². The zero-order valence-corrected chi connectivity index (χ0v) is 11.4. The van der Waals surface area contributed by atoms with Crippen LogP contribution in [0.4, 0.5) is 4.39 Å². The largest absolute Gasteiger partial charge is 0.481 e. The van der Waals surface area contributed by atoms with Crippen LogP contribution in [0, 0.1) is 22.6 Å². The second-order valence-corrected chi connectivity index (χ2v) is 5.60. The maximum Gasteiger partial charge on any atom is 0.310 e. The summed E-state index contributed by atoms with van der Waals surface area (Å²) in [6, 6.07) is 6.24. The Balaban J connectivity index is 2.14. The maximum atomic E-state index is 13.8. The molecule has 0 saturated carbocycles. The lowest BCUT2D eigenvalue weighted by Crippen LogP contribution is -2.45. The van der Waals surface area contributed by atoms with E-state index in [4.69, 9.17) is 5.26 Å². The van der Waals surface area contributed by atoms with Crippen molar-refractivity contribution in [2.45, 2.75) is 26.3 Å². The predicted molar refractivity (Wildman–Crippen MR) is 71.4 cm³/mol. The molecule has 1 heterocycles. The summed E-state index contributed by atoms with van der Waals surface area (Å²) in [4.78, 5) is 13.2. The average molecular weight is 276 g/mol. The van der Waals surface area contributed by atoms with E-state index < -0.39 is 11.4 Å². The molecule has 4 nitrogen and oxygen atoms in total. The molecule has 1 aromatic rings. The number of carboxylic acid groups (broad SMARTS) is 1. The van der Waals surface area contributed by atoms with Crippen molar-refractivity contribution in [2.24, 2.45) is 5.41 Å². The summed E-state index contributed by atoms with van der Waals surface area (Å²) in [6.07, 6.45) is 1.42. The van der Waals surface area contributed by atoms with Crippen LogP contribution in [-0.4, -0.2) is 29.1 Å². The molecule has 1 N–H and O–H groups in total. The minimum Gasteiger partial charge on any atom is -0.481 e. The Hall–Kier alpha value is -1.93. The Morgan fingerprint density at radius 1 is 1.60 bits per heavy atom. The van der Waals surface area contributed by atoms with E-state index in [1.54, 1.807) is 6.92 Å². The van der Waals surface area contributed by atoms with Crippen LogP contribution in [0.3, 0.4) is 0 Å². The second-order valence-electron chi connectivity index (χ2n) is 5.60. The molecule has 1 saturated heterocycles. The lowest BCUT2D eigenvalue weighted by atomic mass is 9.82. The number of piperidine rings is 1. The molecule has 0 radical (unpaired) electrons. The molecule has 106 valence electrons. The minimum absolute atomic E-state index is 0.338. The van der Waals surface area contributed by atoms with Gasteiger partial charge >= 0.3 is 5.97 Å². The quantitative estimate of drug-likeness (QED) is 0.920. The van der Waals surface area contributed by atoms with Gasteiger partial charge in [0.25, 0.3) is 0 Å². The number of carboxylic acids is 1. The Labute approximate surface area is 117 Å². The number of nitrogens with zero attached hydrogens (tertiary/aromatic N) is 2. The number of rotatable bonds is 3. The van der Waals surface area contributed by atoms with Crippen LogP contribution < -0.4 is 0 Å². The molecule has 20 heavy (non-hydrogen) atoms. The highest BCUT2D eigenvalue weighted by molar-refractivity contribution is 5.74. The molecule has 0 spiro atoms. The molecule has 2 rings (SSSR count). The third kappa shape index (κ3) is 2.97. The van der Waals surface area contributed by atoms with Crippen LogP contribution >= 0.6 is 0 Å². The van der Waals surface area contributed by atoms with Crippen molar-refractivity contribution in [3.8, 4) is 6.07 Å². The SMILES string of the molecule is CC1(C(=O)O)CCCN(Cc2cc(C#N)ccc2F)C1. The summed E-state index contributed by atoms with van der Waals surface area (Å²) in [6.45, 7) is 3.21. The number of hydrogen-bond donors (Lipinski definition) is 1. The summed E-state index contributed by atoms with van der Waals surface area (Å²) in [5.74, 6) is -1.17. The standard InChI is InChI=1S/C15H17FN2O2/c1-15(14(19)20)5-2-6-18(10-15)9-12-7-11(8-17)3-4-13(12)16/h3-4,7H,2,5-6,9-10H2,1H3,(H,19,20). The zero-order chi connectivity index (χ0) is 14.8. The summed E-state index contributed by atoms with van der Waals surface area (Å²) >= 11 is 0. The first-order valence-corrected chi connectivity index (χ1v) is 6.59. The Bertz CT molecular complexity index is 567. The van der Waals surface area contributed by atoms with E-state index in [9.17, 15) is 14.3 Å². The number of halogens is 1. The van der Waals surface area contributed by atoms with E-state index in [0.717, 1.165) is 13.0 Å². The average Bonchev–Trinajstić information content (AvgIpc) is 2.41. The van der Waals surface area contributed by atoms with E-state index >= 15 is 0 Å². The van der Waals surface area contributed by atoms with Gasteiger partial charge in [0, 0.05) is 18.7 Å². The minimum atomic E-state index is -0.812. The fourth-order valence-corrected chi connectivity index (χ4v) is 2.66. The molecule has 0 bridgehead atoms. The van der Waals surface area contributed by atoms with Crippen molar-refractivity contribution in [3.05, 3.63) is 35.1 Å². The summed E-state index contributed by atoms with van der Waals surface area (Å²) < 4.78 is 13.8. The summed E-state index contributed by atoms with van der Waals surface area (Å²) in [7, 11) is 0. The number of nitriles is 1. The zero-order valence-electron chi connectivity index (χ0n) is 11.4. The van der Waals surface area contributed by atoms with Crippen molar-refractivity contribution in [1.82, 2.24) is 4.90 Å². The van der Waals surface area contributed by atoms with Gasteiger partial charge in [-0.15, -0.1) is 0 Å². The van der Waals surface area contributed by atoms with E-state index in [2.05, 4.69) is 0 Å². The first-order chi connectivity index (χ1) is 9.44. The highest BCUT2D eigenvalue weighted by atomic mass is 19.1. The molecule has 1 aliphatic rings. The fourth-order valence-electron chi connectivity index (χ4n) is 2.66. The maximum absolute atomic E-state index is 13.8. The van der Waals surface area contributed by atoms with E-state index in [1.807, 2.05) is 11.0 Å². The van der Waals surface area contributed by atoms with Gasteiger partial charge in [-0.05, 0) is 44.5 Å². The number of hydrogen-bond acceptors (Lipinski definition) is 3. The molecule has 0 aliphatic carbocycles. The van der Waals surface area contributed by atoms with Gasteiger partial charge in [0.05, 0.1) is 17.0 Å². The highest BCUT2D eigenvalue weighted by Crippen LogP contribution is 2.30. The third-order valence-electron chi connectivity index (χ3n) is 3.86. The highest BCUT2D eigenvalue weighted by Gasteiger charge is 2.37. The topological polar surface area (TPSA) is 64.3 Å². The van der Waals surface area contributed by atoms with Crippen LogP contribution in [0.5, 0.6) is 0 Å². The van der Waals surface area contributed by atoms with Crippen molar-refractivity contribution in [1.29, 1.82) is 5.26 Å². The summed E-state index contributed by atoms with van der Waals surface area (Å²) in [5.41, 5.74) is 0.0831. The first-order valence-electron chi connectivity index (χ1n) is 6.59. The van der Waals surface area contributed by atoms with Gasteiger partial charge in [-0.2, -0.15) is 5.26 Å². The molecular weight excluding hydrogens is 259 g/mol. The van der Waals surface area contributed by atoms with Gasteiger partial charge in [-0.3, -0.25) is 9.69 Å². The molecule has 1 aromatic carbocycles. The number of aliphatic carboxylic acids is 1. The number of likely N-dealkylation sites (tertiary alicyclic amines) is 1. The van der Waals surface area contributed by atoms with Gasteiger partial charge in [-0.25, -0.2) is 4.39 Å². The van der Waals surface area contributed by atoms with Gasteiger partial charge in [-0.1, -0.05) is 0 Å². The molecule has 1 fully saturated rings. The van der Waals surface area contributed by atoms with Gasteiger partial charge in [0.2, 0.25) is 0 Å². The van der Waals surface area contributed by atoms with Crippen LogP contribution in [0.25, 0.3) is 0 Å². The summed E-state index contributed by atoms with van der Waals surface area (Å²) in [5, 5.41) is 18.1. The first kappa shape index (κ1) is 14.5. The number of carbonyl (C=O) groups is 1. The van der Waals surface area contributed by atoms with Crippen LogP contribution in [0.1, 0.15) is 30.9 Å². The molecule has 1 aliphatic heterocycles. The van der Waals surface area contributed by atoms with Crippen molar-refractivity contribution < 1.29 is 14.3 Å². The molecule has 0 aromatic heterocycles.